The van der Waals surface area contributed by atoms with Gasteiger partial charge in [-0.15, -0.1) is 0 Å². The lowest BCUT2D eigenvalue weighted by Crippen LogP contribution is -2.31. The normalized spacial score (nSPS) is 14.5. The van der Waals surface area contributed by atoms with E-state index in [4.69, 9.17) is 26.2 Å². The van der Waals surface area contributed by atoms with Gasteiger partial charge in [0, 0.05) is 23.7 Å². The van der Waals surface area contributed by atoms with E-state index in [1.54, 1.807) is 36.4 Å². The number of carbonyl (C=O) groups is 3. The quantitative estimate of drug-likeness (QED) is 0.320. The molecular weight excluding hydrogens is 578 g/mol. The largest absolute Gasteiger partial charge is 0.493 e. The number of amides is 3. The van der Waals surface area contributed by atoms with E-state index in [0.717, 1.165) is 22.2 Å². The summed E-state index contributed by atoms with van der Waals surface area (Å²) < 4.78 is 34.0. The third kappa shape index (κ3) is 7.42. The summed E-state index contributed by atoms with van der Waals surface area (Å²) in [4.78, 5) is 38.8. The topological polar surface area (TPSA) is 145 Å². The molecule has 0 unspecified atom stereocenters. The number of nitrogens with two attached hydrogens (primary N) is 1. The molecule has 1 aliphatic heterocycles. The molecule has 1 fully saturated rings. The number of nitrogens with one attached hydrogen (secondary N) is 1. The van der Waals surface area contributed by atoms with Crippen LogP contribution in [0.3, 0.4) is 0 Å². The van der Waals surface area contributed by atoms with Gasteiger partial charge in [0.25, 0.3) is 11.1 Å². The Balaban J connectivity index is 1.35. The second-order valence-corrected chi connectivity index (χ2v) is 11.5. The van der Waals surface area contributed by atoms with E-state index in [2.05, 4.69) is 5.32 Å². The second kappa shape index (κ2) is 12.6. The van der Waals surface area contributed by atoms with Crippen molar-refractivity contribution in [1.82, 2.24) is 4.90 Å². The van der Waals surface area contributed by atoms with Crippen LogP contribution in [-0.2, 0) is 26.2 Å². The van der Waals surface area contributed by atoms with E-state index in [1.807, 2.05) is 12.1 Å². The predicted molar refractivity (Wildman–Crippen MR) is 153 cm³/mol. The van der Waals surface area contributed by atoms with Gasteiger partial charge in [-0.2, -0.15) is 0 Å². The number of hydrogen-bond donors (Lipinski definition) is 2. The van der Waals surface area contributed by atoms with Gasteiger partial charge in [-0.1, -0.05) is 29.8 Å². The van der Waals surface area contributed by atoms with Gasteiger partial charge in [-0.25, -0.2) is 13.6 Å². The van der Waals surface area contributed by atoms with Gasteiger partial charge in [0.05, 0.1) is 16.9 Å². The zero-order valence-electron chi connectivity index (χ0n) is 21.1. The molecule has 1 aliphatic rings. The van der Waals surface area contributed by atoms with Gasteiger partial charge < -0.3 is 14.8 Å². The molecule has 0 radical (unpaired) electrons. The molecule has 3 aromatic carbocycles. The number of hydrogen-bond acceptors (Lipinski definition) is 8. The molecule has 3 N–H and O–H groups in total. The van der Waals surface area contributed by atoms with E-state index in [9.17, 15) is 22.8 Å². The molecule has 13 heteroatoms. The maximum absolute atomic E-state index is 12.9. The number of ether oxygens (including phenoxy) is 2. The summed E-state index contributed by atoms with van der Waals surface area (Å²) in [6.07, 6.45) is 1.43. The SMILES string of the molecule is COc1cc(C=C2SC(=O)N(CCC(=O)Nc3ccc(S(N)(=O)=O)cc3)C2=O)ccc1OCc1ccc(Cl)cc1. The van der Waals surface area contributed by atoms with Crippen LogP contribution in [-0.4, -0.2) is 44.0 Å². The Morgan fingerprint density at radius 3 is 2.40 bits per heavy atom. The van der Waals surface area contributed by atoms with Crippen molar-refractivity contribution in [1.29, 1.82) is 0 Å². The molecule has 0 spiro atoms. The molecule has 3 amide bonds. The van der Waals surface area contributed by atoms with Gasteiger partial charge in [0.15, 0.2) is 11.5 Å². The summed E-state index contributed by atoms with van der Waals surface area (Å²) in [6, 6.07) is 17.7. The predicted octanol–water partition coefficient (Wildman–Crippen LogP) is 4.64. The summed E-state index contributed by atoms with van der Waals surface area (Å²) in [5.41, 5.74) is 1.90. The minimum atomic E-state index is -3.85. The van der Waals surface area contributed by atoms with Crippen LogP contribution in [0.2, 0.25) is 5.02 Å². The first-order chi connectivity index (χ1) is 19.0. The van der Waals surface area contributed by atoms with Crippen molar-refractivity contribution in [2.45, 2.75) is 17.9 Å². The Bertz CT molecular complexity index is 1570. The average Bonchev–Trinajstić information content (AvgIpc) is 3.18. The zero-order chi connectivity index (χ0) is 28.9. The van der Waals surface area contributed by atoms with Gasteiger partial charge in [-0.3, -0.25) is 19.3 Å². The van der Waals surface area contributed by atoms with Crippen LogP contribution < -0.4 is 19.9 Å². The van der Waals surface area contributed by atoms with Crippen molar-refractivity contribution < 1.29 is 32.3 Å². The lowest BCUT2D eigenvalue weighted by Gasteiger charge is -2.13. The van der Waals surface area contributed by atoms with Gasteiger partial charge in [0.2, 0.25) is 15.9 Å². The van der Waals surface area contributed by atoms with Crippen LogP contribution in [0.15, 0.2) is 76.5 Å². The van der Waals surface area contributed by atoms with Crippen LogP contribution in [0.4, 0.5) is 10.5 Å². The van der Waals surface area contributed by atoms with Crippen molar-refractivity contribution in [2.75, 3.05) is 19.0 Å². The molecule has 0 aliphatic carbocycles. The van der Waals surface area contributed by atoms with Gasteiger partial charge in [-0.05, 0) is 77.5 Å². The third-order valence-corrected chi connectivity index (χ3v) is 7.78. The van der Waals surface area contributed by atoms with Crippen molar-refractivity contribution in [3.8, 4) is 11.5 Å². The maximum atomic E-state index is 12.9. The zero-order valence-corrected chi connectivity index (χ0v) is 23.5. The summed E-state index contributed by atoms with van der Waals surface area (Å²) in [6.45, 7) is 0.185. The highest BCUT2D eigenvalue weighted by atomic mass is 35.5. The van der Waals surface area contributed by atoms with Crippen LogP contribution >= 0.6 is 23.4 Å². The average molecular weight is 602 g/mol. The minimum absolute atomic E-state index is 0.0900. The third-order valence-electron chi connectivity index (χ3n) is 5.70. The Morgan fingerprint density at radius 1 is 1.05 bits per heavy atom. The van der Waals surface area contributed by atoms with Crippen molar-refractivity contribution >= 4 is 62.2 Å². The highest BCUT2D eigenvalue weighted by Crippen LogP contribution is 2.35. The molecule has 0 bridgehead atoms. The fourth-order valence-corrected chi connectivity index (χ4v) is 5.15. The number of halogens is 1. The molecule has 1 heterocycles. The monoisotopic (exact) mass is 601 g/mol. The smallest absolute Gasteiger partial charge is 0.293 e. The molecule has 3 aromatic rings. The number of sulfonamides is 1. The van der Waals surface area contributed by atoms with Crippen molar-refractivity contribution in [3.63, 3.8) is 0 Å². The first kappa shape index (κ1) is 29.2. The molecule has 10 nitrogen and oxygen atoms in total. The number of carbonyl (C=O) groups excluding carboxylic acids is 3. The minimum Gasteiger partial charge on any atom is -0.493 e. The first-order valence-electron chi connectivity index (χ1n) is 11.8. The number of rotatable bonds is 10. The second-order valence-electron chi connectivity index (χ2n) is 8.53. The van der Waals surface area contributed by atoms with Crippen LogP contribution in [0.1, 0.15) is 17.5 Å². The molecule has 0 saturated carbocycles. The molecule has 4 rings (SSSR count). The van der Waals surface area contributed by atoms with Crippen molar-refractivity contribution in [2.24, 2.45) is 5.14 Å². The Kier molecular flexibility index (Phi) is 9.15. The molecule has 208 valence electrons. The summed E-state index contributed by atoms with van der Waals surface area (Å²) in [5, 5.41) is 7.80. The van der Waals surface area contributed by atoms with E-state index >= 15 is 0 Å². The molecular formula is C27H24ClN3O7S2. The molecule has 0 atom stereocenters. The van der Waals surface area contributed by atoms with Crippen LogP contribution in [0, 0.1) is 0 Å². The lowest BCUT2D eigenvalue weighted by atomic mass is 10.1. The molecule has 1 saturated heterocycles. The Labute approximate surface area is 240 Å². The fraction of sp³-hybridized carbons (Fsp3) is 0.148. The van der Waals surface area contributed by atoms with E-state index < -0.39 is 27.1 Å². The summed E-state index contributed by atoms with van der Waals surface area (Å²) in [7, 11) is -2.35. The summed E-state index contributed by atoms with van der Waals surface area (Å²) >= 11 is 6.69. The summed E-state index contributed by atoms with van der Waals surface area (Å²) in [5.74, 6) is -0.00337. The number of primary sulfonamides is 1. The molecule has 40 heavy (non-hydrogen) atoms. The highest BCUT2D eigenvalue weighted by Gasteiger charge is 2.35. The highest BCUT2D eigenvalue weighted by molar-refractivity contribution is 8.18. The number of imide groups is 1. The van der Waals surface area contributed by atoms with Gasteiger partial charge in [0.1, 0.15) is 6.61 Å². The number of methoxy groups -OCH3 is 1. The number of benzene rings is 3. The van der Waals surface area contributed by atoms with Crippen molar-refractivity contribution in [3.05, 3.63) is 87.8 Å². The van der Waals surface area contributed by atoms with E-state index in [1.165, 1.54) is 31.4 Å². The number of nitrogens with zero attached hydrogens (tertiary/aromatic N) is 1. The van der Waals surface area contributed by atoms with E-state index in [-0.39, 0.29) is 22.8 Å². The molecule has 0 aromatic heterocycles. The fourth-order valence-electron chi connectivity index (χ4n) is 3.64. The van der Waals surface area contributed by atoms with Crippen LogP contribution in [0.25, 0.3) is 6.08 Å². The van der Waals surface area contributed by atoms with E-state index in [0.29, 0.717) is 34.4 Å². The van der Waals surface area contributed by atoms with Gasteiger partial charge >= 0.3 is 0 Å². The number of thioether (sulfide) groups is 1. The number of anilines is 1. The van der Waals surface area contributed by atoms with Crippen LogP contribution in [0.5, 0.6) is 11.5 Å². The standard InChI is InChI=1S/C27H24ClN3O7S2/c1-37-23-14-18(4-11-22(23)38-16-17-2-5-19(28)6-3-17)15-24-26(33)31(27(34)39-24)13-12-25(32)30-20-7-9-21(10-8-20)40(29,35)36/h2-11,14-15H,12-13,16H2,1H3,(H,30,32)(H2,29,35,36). The maximum Gasteiger partial charge on any atom is 0.293 e. The Morgan fingerprint density at radius 2 is 1.75 bits per heavy atom. The lowest BCUT2D eigenvalue weighted by molar-refractivity contribution is -0.123. The first-order valence-corrected chi connectivity index (χ1v) is 14.5. The Hall–Kier alpha value is -3.84.